The Balaban J connectivity index is 1.74. The minimum Gasteiger partial charge on any atom is -0.389 e. The molecule has 90 valence electrons. The molecule has 1 aliphatic carbocycles. The van der Waals surface area contributed by atoms with Crippen LogP contribution in [-0.2, 0) is 6.54 Å². The highest BCUT2D eigenvalue weighted by atomic mass is 16.5. The zero-order valence-corrected chi connectivity index (χ0v) is 9.83. The highest BCUT2D eigenvalue weighted by Crippen LogP contribution is 2.27. The number of nitrogens with zero attached hydrogens (tertiary/aromatic N) is 1. The van der Waals surface area contributed by atoms with E-state index in [2.05, 4.69) is 10.5 Å². The molecular formula is C12H20N2O2. The Kier molecular flexibility index (Phi) is 3.61. The molecule has 0 bridgehead atoms. The van der Waals surface area contributed by atoms with Crippen LogP contribution in [0, 0.1) is 6.92 Å². The molecule has 1 fully saturated rings. The predicted octanol–water partition coefficient (Wildman–Crippen LogP) is 1.77. The molecule has 2 N–H and O–H groups in total. The van der Waals surface area contributed by atoms with E-state index in [1.54, 1.807) is 0 Å². The number of aliphatic hydroxyl groups is 1. The van der Waals surface area contributed by atoms with Gasteiger partial charge in [0.1, 0.15) is 0 Å². The minimum absolute atomic E-state index is 0.507. The standard InChI is InChI=1S/C12H20N2O2/c1-10-7-11(16-14-10)8-13-9-12(15)5-3-2-4-6-12/h7,13,15H,2-6,8-9H2,1H3. The monoisotopic (exact) mass is 224 g/mol. The zero-order valence-electron chi connectivity index (χ0n) is 9.83. The van der Waals surface area contributed by atoms with E-state index in [1.807, 2.05) is 13.0 Å². The molecule has 0 aliphatic heterocycles. The lowest BCUT2D eigenvalue weighted by Gasteiger charge is -2.32. The topological polar surface area (TPSA) is 58.3 Å². The number of aromatic nitrogens is 1. The molecule has 0 radical (unpaired) electrons. The van der Waals surface area contributed by atoms with E-state index in [0.717, 1.165) is 37.1 Å². The summed E-state index contributed by atoms with van der Waals surface area (Å²) in [5, 5.41) is 17.3. The lowest BCUT2D eigenvalue weighted by molar-refractivity contribution is 0.00430. The van der Waals surface area contributed by atoms with Crippen LogP contribution in [0.4, 0.5) is 0 Å². The maximum absolute atomic E-state index is 10.2. The molecular weight excluding hydrogens is 204 g/mol. The second-order valence-electron chi connectivity index (χ2n) is 4.82. The van der Waals surface area contributed by atoms with E-state index in [4.69, 9.17) is 4.52 Å². The maximum atomic E-state index is 10.2. The van der Waals surface area contributed by atoms with Gasteiger partial charge in [0.2, 0.25) is 0 Å². The smallest absolute Gasteiger partial charge is 0.150 e. The van der Waals surface area contributed by atoms with Crippen LogP contribution in [0.25, 0.3) is 0 Å². The molecule has 1 aromatic heterocycles. The summed E-state index contributed by atoms with van der Waals surface area (Å²) in [6.07, 6.45) is 5.35. The Bertz CT molecular complexity index is 330. The number of aryl methyl sites for hydroxylation is 1. The Morgan fingerprint density at radius 2 is 2.19 bits per heavy atom. The Morgan fingerprint density at radius 1 is 1.44 bits per heavy atom. The van der Waals surface area contributed by atoms with Crippen molar-refractivity contribution in [2.45, 2.75) is 51.2 Å². The first-order valence-electron chi connectivity index (χ1n) is 6.03. The van der Waals surface area contributed by atoms with Crippen LogP contribution in [0.15, 0.2) is 10.6 Å². The predicted molar refractivity (Wildman–Crippen MR) is 61.0 cm³/mol. The van der Waals surface area contributed by atoms with Crippen LogP contribution in [0.1, 0.15) is 43.6 Å². The normalized spacial score (nSPS) is 19.9. The van der Waals surface area contributed by atoms with Crippen molar-refractivity contribution in [3.63, 3.8) is 0 Å². The molecule has 16 heavy (non-hydrogen) atoms. The van der Waals surface area contributed by atoms with E-state index in [0.29, 0.717) is 13.1 Å². The number of rotatable bonds is 4. The van der Waals surface area contributed by atoms with Crippen LogP contribution in [-0.4, -0.2) is 22.4 Å². The molecule has 1 aliphatic rings. The summed E-state index contributed by atoms with van der Waals surface area (Å²) in [5.41, 5.74) is 0.390. The van der Waals surface area contributed by atoms with Gasteiger partial charge in [-0.3, -0.25) is 0 Å². The third-order valence-electron chi connectivity index (χ3n) is 3.21. The molecule has 2 rings (SSSR count). The largest absolute Gasteiger partial charge is 0.389 e. The third kappa shape index (κ3) is 3.06. The van der Waals surface area contributed by atoms with Crippen molar-refractivity contribution >= 4 is 0 Å². The fourth-order valence-corrected chi connectivity index (χ4v) is 2.30. The fraction of sp³-hybridized carbons (Fsp3) is 0.750. The van der Waals surface area contributed by atoms with Gasteiger partial charge in [0, 0.05) is 12.6 Å². The Labute approximate surface area is 96.0 Å². The molecule has 4 nitrogen and oxygen atoms in total. The zero-order chi connectivity index (χ0) is 11.4. The van der Waals surface area contributed by atoms with E-state index in [-0.39, 0.29) is 0 Å². The third-order valence-corrected chi connectivity index (χ3v) is 3.21. The lowest BCUT2D eigenvalue weighted by Crippen LogP contribution is -2.41. The van der Waals surface area contributed by atoms with Crippen molar-refractivity contribution in [3.05, 3.63) is 17.5 Å². The molecule has 1 saturated carbocycles. The van der Waals surface area contributed by atoms with E-state index in [9.17, 15) is 5.11 Å². The summed E-state index contributed by atoms with van der Waals surface area (Å²) in [6, 6.07) is 1.91. The SMILES string of the molecule is Cc1cc(CNCC2(O)CCCCC2)on1. The average molecular weight is 224 g/mol. The summed E-state index contributed by atoms with van der Waals surface area (Å²) >= 11 is 0. The van der Waals surface area contributed by atoms with Crippen LogP contribution < -0.4 is 5.32 Å². The van der Waals surface area contributed by atoms with Crippen molar-refractivity contribution in [2.75, 3.05) is 6.54 Å². The van der Waals surface area contributed by atoms with Crippen molar-refractivity contribution in [3.8, 4) is 0 Å². The van der Waals surface area contributed by atoms with Crippen LogP contribution in [0.5, 0.6) is 0 Å². The first-order chi connectivity index (χ1) is 7.68. The van der Waals surface area contributed by atoms with Gasteiger partial charge in [-0.25, -0.2) is 0 Å². The molecule has 1 heterocycles. The molecule has 0 amide bonds. The van der Waals surface area contributed by atoms with Gasteiger partial charge in [-0.05, 0) is 19.8 Å². The number of nitrogens with one attached hydrogen (secondary N) is 1. The summed E-state index contributed by atoms with van der Waals surface area (Å²) in [5.74, 6) is 0.830. The number of hydrogen-bond acceptors (Lipinski definition) is 4. The summed E-state index contributed by atoms with van der Waals surface area (Å²) in [6.45, 7) is 3.19. The van der Waals surface area contributed by atoms with Crippen molar-refractivity contribution in [1.82, 2.24) is 10.5 Å². The van der Waals surface area contributed by atoms with Gasteiger partial charge in [0.15, 0.2) is 5.76 Å². The molecule has 0 atom stereocenters. The maximum Gasteiger partial charge on any atom is 0.150 e. The average Bonchev–Trinajstić information content (AvgIpc) is 2.65. The molecule has 4 heteroatoms. The van der Waals surface area contributed by atoms with Gasteiger partial charge in [0.25, 0.3) is 0 Å². The van der Waals surface area contributed by atoms with Crippen molar-refractivity contribution < 1.29 is 9.63 Å². The van der Waals surface area contributed by atoms with E-state index in [1.165, 1.54) is 6.42 Å². The Hall–Kier alpha value is -0.870. The minimum atomic E-state index is -0.507. The summed E-state index contributed by atoms with van der Waals surface area (Å²) in [4.78, 5) is 0. The second kappa shape index (κ2) is 4.97. The fourth-order valence-electron chi connectivity index (χ4n) is 2.30. The lowest BCUT2D eigenvalue weighted by atomic mass is 9.85. The van der Waals surface area contributed by atoms with Crippen molar-refractivity contribution in [2.24, 2.45) is 0 Å². The van der Waals surface area contributed by atoms with Gasteiger partial charge < -0.3 is 14.9 Å². The summed E-state index contributed by atoms with van der Waals surface area (Å²) < 4.78 is 5.09. The highest BCUT2D eigenvalue weighted by Gasteiger charge is 2.28. The number of hydrogen-bond donors (Lipinski definition) is 2. The van der Waals surface area contributed by atoms with Gasteiger partial charge in [-0.1, -0.05) is 24.4 Å². The highest BCUT2D eigenvalue weighted by molar-refractivity contribution is 5.02. The molecule has 0 spiro atoms. The van der Waals surface area contributed by atoms with E-state index >= 15 is 0 Å². The van der Waals surface area contributed by atoms with Crippen LogP contribution >= 0.6 is 0 Å². The molecule has 0 aromatic carbocycles. The Morgan fingerprint density at radius 3 is 2.81 bits per heavy atom. The second-order valence-corrected chi connectivity index (χ2v) is 4.82. The van der Waals surface area contributed by atoms with Gasteiger partial charge in [-0.2, -0.15) is 0 Å². The van der Waals surface area contributed by atoms with Crippen LogP contribution in [0.3, 0.4) is 0 Å². The molecule has 0 unspecified atom stereocenters. The van der Waals surface area contributed by atoms with Gasteiger partial charge >= 0.3 is 0 Å². The quantitative estimate of drug-likeness (QED) is 0.818. The molecule has 0 saturated heterocycles. The van der Waals surface area contributed by atoms with Crippen molar-refractivity contribution in [1.29, 1.82) is 0 Å². The molecule has 1 aromatic rings. The first kappa shape index (κ1) is 11.6. The van der Waals surface area contributed by atoms with Crippen LogP contribution in [0.2, 0.25) is 0 Å². The summed E-state index contributed by atoms with van der Waals surface area (Å²) in [7, 11) is 0. The first-order valence-corrected chi connectivity index (χ1v) is 6.03. The van der Waals surface area contributed by atoms with Gasteiger partial charge in [0.05, 0.1) is 17.8 Å². The van der Waals surface area contributed by atoms with E-state index < -0.39 is 5.60 Å². The van der Waals surface area contributed by atoms with Gasteiger partial charge in [-0.15, -0.1) is 0 Å².